The molecule has 1 fully saturated rings. The highest BCUT2D eigenvalue weighted by molar-refractivity contribution is 7.91. The van der Waals surface area contributed by atoms with E-state index in [1.807, 2.05) is 31.2 Å². The van der Waals surface area contributed by atoms with Crippen molar-refractivity contribution in [2.75, 3.05) is 33.3 Å². The third-order valence-electron chi connectivity index (χ3n) is 4.95. The molecule has 0 bridgehead atoms. The van der Waals surface area contributed by atoms with Crippen molar-refractivity contribution >= 4 is 27.3 Å². The van der Waals surface area contributed by atoms with Crippen molar-refractivity contribution in [3.63, 3.8) is 0 Å². The van der Waals surface area contributed by atoms with Crippen LogP contribution in [0.25, 0.3) is 0 Å². The Hall–Kier alpha value is -1.90. The molecule has 0 atom stereocenters. The van der Waals surface area contributed by atoms with Crippen LogP contribution in [0.1, 0.15) is 18.4 Å². The van der Waals surface area contributed by atoms with E-state index in [1.165, 1.54) is 15.6 Å². The standard InChI is InChI=1S/C20H26N2O4S2/c1-16-5-3-6-18(15-16)26-13-12-21(2)20(23)17-8-10-22(11-9-17)28(24,25)19-7-4-14-27-19/h3-7,14-15,17H,8-13H2,1-2H3. The van der Waals surface area contributed by atoms with Crippen LogP contribution in [0.3, 0.4) is 0 Å². The van der Waals surface area contributed by atoms with E-state index in [0.717, 1.165) is 11.3 Å². The number of piperidine rings is 1. The number of likely N-dealkylation sites (N-methyl/N-ethyl adjacent to an activating group) is 1. The molecule has 1 aliphatic rings. The van der Waals surface area contributed by atoms with Gasteiger partial charge in [-0.3, -0.25) is 4.79 Å². The van der Waals surface area contributed by atoms with Crippen LogP contribution in [0.2, 0.25) is 0 Å². The zero-order valence-electron chi connectivity index (χ0n) is 16.2. The van der Waals surface area contributed by atoms with Crippen LogP contribution in [0, 0.1) is 12.8 Å². The van der Waals surface area contributed by atoms with Crippen molar-refractivity contribution in [3.8, 4) is 5.75 Å². The maximum Gasteiger partial charge on any atom is 0.252 e. The summed E-state index contributed by atoms with van der Waals surface area (Å²) < 4.78 is 32.7. The van der Waals surface area contributed by atoms with Gasteiger partial charge in [0.25, 0.3) is 10.0 Å². The topological polar surface area (TPSA) is 66.9 Å². The number of ether oxygens (including phenoxy) is 1. The second-order valence-electron chi connectivity index (χ2n) is 7.04. The molecule has 0 aliphatic carbocycles. The van der Waals surface area contributed by atoms with E-state index in [-0.39, 0.29) is 11.8 Å². The summed E-state index contributed by atoms with van der Waals surface area (Å²) in [4.78, 5) is 14.4. The van der Waals surface area contributed by atoms with Gasteiger partial charge in [-0.2, -0.15) is 4.31 Å². The van der Waals surface area contributed by atoms with E-state index in [2.05, 4.69) is 0 Å². The van der Waals surface area contributed by atoms with Gasteiger partial charge in [-0.05, 0) is 48.9 Å². The Morgan fingerprint density at radius 2 is 2.00 bits per heavy atom. The Kier molecular flexibility index (Phi) is 6.74. The van der Waals surface area contributed by atoms with Crippen LogP contribution in [0.15, 0.2) is 46.0 Å². The monoisotopic (exact) mass is 422 g/mol. The van der Waals surface area contributed by atoms with Gasteiger partial charge in [0.15, 0.2) is 0 Å². The largest absolute Gasteiger partial charge is 0.492 e. The highest BCUT2D eigenvalue weighted by Crippen LogP contribution is 2.27. The number of sulfonamides is 1. The first-order valence-corrected chi connectivity index (χ1v) is 11.7. The first-order chi connectivity index (χ1) is 13.4. The van der Waals surface area contributed by atoms with E-state index < -0.39 is 10.0 Å². The molecule has 2 heterocycles. The van der Waals surface area contributed by atoms with Crippen LogP contribution >= 0.6 is 11.3 Å². The van der Waals surface area contributed by atoms with E-state index in [1.54, 1.807) is 29.5 Å². The molecule has 1 saturated heterocycles. The summed E-state index contributed by atoms with van der Waals surface area (Å²) in [5.41, 5.74) is 1.13. The summed E-state index contributed by atoms with van der Waals surface area (Å²) in [6, 6.07) is 11.2. The molecule has 8 heteroatoms. The van der Waals surface area contributed by atoms with Crippen LogP contribution in [-0.4, -0.2) is 56.8 Å². The zero-order valence-corrected chi connectivity index (χ0v) is 17.8. The normalized spacial score (nSPS) is 16.1. The third-order valence-corrected chi connectivity index (χ3v) is 8.23. The minimum Gasteiger partial charge on any atom is -0.492 e. The van der Waals surface area contributed by atoms with Crippen molar-refractivity contribution in [3.05, 3.63) is 47.3 Å². The molecule has 1 aliphatic heterocycles. The smallest absolute Gasteiger partial charge is 0.252 e. The molecule has 3 rings (SSSR count). The number of amides is 1. The number of hydrogen-bond donors (Lipinski definition) is 0. The van der Waals surface area contributed by atoms with Crippen molar-refractivity contribution in [1.29, 1.82) is 0 Å². The van der Waals surface area contributed by atoms with Gasteiger partial charge in [0.2, 0.25) is 5.91 Å². The van der Waals surface area contributed by atoms with Crippen LogP contribution in [0.5, 0.6) is 5.75 Å². The molecule has 0 saturated carbocycles. The van der Waals surface area contributed by atoms with Gasteiger partial charge in [0, 0.05) is 26.1 Å². The first kappa shape index (κ1) is 20.8. The first-order valence-electron chi connectivity index (χ1n) is 9.36. The van der Waals surface area contributed by atoms with Gasteiger partial charge >= 0.3 is 0 Å². The summed E-state index contributed by atoms with van der Waals surface area (Å²) in [6.07, 6.45) is 1.10. The molecule has 1 aromatic carbocycles. The van der Waals surface area contributed by atoms with Crippen molar-refractivity contribution in [1.82, 2.24) is 9.21 Å². The molecule has 0 radical (unpaired) electrons. The number of carbonyl (C=O) groups excluding carboxylic acids is 1. The molecule has 1 aromatic heterocycles. The van der Waals surface area contributed by atoms with Crippen molar-refractivity contribution in [2.45, 2.75) is 24.0 Å². The van der Waals surface area contributed by atoms with Gasteiger partial charge < -0.3 is 9.64 Å². The Labute approximate surface area is 170 Å². The quantitative estimate of drug-likeness (QED) is 0.688. The SMILES string of the molecule is Cc1cccc(OCCN(C)C(=O)C2CCN(S(=O)(=O)c3cccs3)CC2)c1. The maximum atomic E-state index is 12.7. The number of nitrogens with zero attached hydrogens (tertiary/aromatic N) is 2. The van der Waals surface area contributed by atoms with Crippen molar-refractivity contribution < 1.29 is 17.9 Å². The van der Waals surface area contributed by atoms with Crippen LogP contribution in [-0.2, 0) is 14.8 Å². The molecule has 152 valence electrons. The maximum absolute atomic E-state index is 12.7. The number of hydrogen-bond acceptors (Lipinski definition) is 5. The summed E-state index contributed by atoms with van der Waals surface area (Å²) in [6.45, 7) is 3.69. The number of benzene rings is 1. The molecule has 6 nitrogen and oxygen atoms in total. The average molecular weight is 423 g/mol. The number of carbonyl (C=O) groups is 1. The summed E-state index contributed by atoms with van der Waals surface area (Å²) in [5, 5.41) is 1.76. The van der Waals surface area contributed by atoms with Gasteiger partial charge in [0.1, 0.15) is 16.6 Å². The summed E-state index contributed by atoms with van der Waals surface area (Å²) >= 11 is 1.22. The van der Waals surface area contributed by atoms with E-state index in [4.69, 9.17) is 4.74 Å². The number of rotatable bonds is 7. The average Bonchev–Trinajstić information content (AvgIpc) is 3.23. The fraction of sp³-hybridized carbons (Fsp3) is 0.450. The lowest BCUT2D eigenvalue weighted by Crippen LogP contribution is -2.44. The highest BCUT2D eigenvalue weighted by Gasteiger charge is 2.33. The Bertz CT molecular complexity index is 889. The molecular weight excluding hydrogens is 396 g/mol. The van der Waals surface area contributed by atoms with Crippen LogP contribution in [0.4, 0.5) is 0 Å². The third kappa shape index (κ3) is 4.92. The number of aryl methyl sites for hydroxylation is 1. The lowest BCUT2D eigenvalue weighted by Gasteiger charge is -2.32. The second-order valence-corrected chi connectivity index (χ2v) is 10.1. The van der Waals surface area contributed by atoms with E-state index >= 15 is 0 Å². The van der Waals surface area contributed by atoms with Crippen LogP contribution < -0.4 is 4.74 Å². The fourth-order valence-electron chi connectivity index (χ4n) is 3.31. The van der Waals surface area contributed by atoms with Gasteiger partial charge in [-0.15, -0.1) is 11.3 Å². The van der Waals surface area contributed by atoms with Gasteiger partial charge in [-0.25, -0.2) is 8.42 Å². The number of thiophene rings is 1. The minimum absolute atomic E-state index is 0.0565. The lowest BCUT2D eigenvalue weighted by atomic mass is 9.97. The predicted molar refractivity (Wildman–Crippen MR) is 110 cm³/mol. The zero-order chi connectivity index (χ0) is 20.1. The molecular formula is C20H26N2O4S2. The lowest BCUT2D eigenvalue weighted by molar-refractivity contribution is -0.135. The molecule has 28 heavy (non-hydrogen) atoms. The fourth-order valence-corrected chi connectivity index (χ4v) is 5.92. The second kappa shape index (κ2) is 9.07. The molecule has 0 spiro atoms. The predicted octanol–water partition coefficient (Wildman–Crippen LogP) is 2.99. The van der Waals surface area contributed by atoms with E-state index in [0.29, 0.717) is 43.3 Å². The van der Waals surface area contributed by atoms with E-state index in [9.17, 15) is 13.2 Å². The Morgan fingerprint density at radius 1 is 1.25 bits per heavy atom. The molecule has 1 amide bonds. The molecule has 0 N–H and O–H groups in total. The summed E-state index contributed by atoms with van der Waals surface area (Å²) in [5.74, 6) is 0.715. The molecule has 2 aromatic rings. The minimum atomic E-state index is -3.43. The van der Waals surface area contributed by atoms with Gasteiger partial charge in [-0.1, -0.05) is 18.2 Å². The highest BCUT2D eigenvalue weighted by atomic mass is 32.2. The van der Waals surface area contributed by atoms with Crippen molar-refractivity contribution in [2.24, 2.45) is 5.92 Å². The Balaban J connectivity index is 1.46. The Morgan fingerprint density at radius 3 is 2.64 bits per heavy atom. The summed E-state index contributed by atoms with van der Waals surface area (Å²) in [7, 11) is -1.65. The molecule has 0 unspecified atom stereocenters. The van der Waals surface area contributed by atoms with Gasteiger partial charge in [0.05, 0.1) is 6.54 Å².